The fraction of sp³-hybridized carbons (Fsp3) is 0.917. The molecular weight excluding hydrogens is 188 g/mol. The van der Waals surface area contributed by atoms with Crippen molar-refractivity contribution in [1.29, 1.82) is 0 Å². The number of hydrogen-bond acceptors (Lipinski definition) is 2. The highest BCUT2D eigenvalue weighted by molar-refractivity contribution is 5.79. The maximum Gasteiger partial charge on any atom is 0.226 e. The highest BCUT2D eigenvalue weighted by Gasteiger charge is 2.24. The Hall–Kier alpha value is -0.570. The molecule has 0 aliphatic rings. The molecule has 2 N–H and O–H groups in total. The molecule has 15 heavy (non-hydrogen) atoms. The highest BCUT2D eigenvalue weighted by atomic mass is 16.2. The molecule has 2 unspecified atom stereocenters. The average Bonchev–Trinajstić information content (AvgIpc) is 2.22. The van der Waals surface area contributed by atoms with E-state index >= 15 is 0 Å². The summed E-state index contributed by atoms with van der Waals surface area (Å²) in [6.07, 6.45) is 1.90. The van der Waals surface area contributed by atoms with Crippen molar-refractivity contribution >= 4 is 5.91 Å². The molecule has 0 saturated carbocycles. The van der Waals surface area contributed by atoms with Crippen molar-refractivity contribution in [3.63, 3.8) is 0 Å². The van der Waals surface area contributed by atoms with E-state index in [0.717, 1.165) is 12.8 Å². The van der Waals surface area contributed by atoms with Crippen molar-refractivity contribution < 1.29 is 4.79 Å². The van der Waals surface area contributed by atoms with Gasteiger partial charge in [-0.1, -0.05) is 27.2 Å². The van der Waals surface area contributed by atoms with Crippen LogP contribution in [0.25, 0.3) is 0 Å². The number of nitrogens with two attached hydrogens (primary N) is 1. The summed E-state index contributed by atoms with van der Waals surface area (Å²) in [5.41, 5.74) is 5.63. The quantitative estimate of drug-likeness (QED) is 0.733. The van der Waals surface area contributed by atoms with E-state index in [1.807, 2.05) is 11.9 Å². The summed E-state index contributed by atoms with van der Waals surface area (Å²) in [4.78, 5) is 13.9. The summed E-state index contributed by atoms with van der Waals surface area (Å²) >= 11 is 0. The van der Waals surface area contributed by atoms with Gasteiger partial charge in [0.05, 0.1) is 5.92 Å². The Labute approximate surface area is 94.0 Å². The third-order valence-corrected chi connectivity index (χ3v) is 3.19. The molecule has 2 atom stereocenters. The summed E-state index contributed by atoms with van der Waals surface area (Å²) < 4.78 is 0. The van der Waals surface area contributed by atoms with Crippen LogP contribution in [0.3, 0.4) is 0 Å². The molecule has 0 aliphatic heterocycles. The van der Waals surface area contributed by atoms with Gasteiger partial charge in [0.25, 0.3) is 0 Å². The zero-order valence-electron chi connectivity index (χ0n) is 10.8. The molecule has 0 aliphatic carbocycles. The zero-order chi connectivity index (χ0) is 12.0. The molecule has 0 rings (SSSR count). The van der Waals surface area contributed by atoms with E-state index in [2.05, 4.69) is 27.7 Å². The van der Waals surface area contributed by atoms with Gasteiger partial charge in [-0.15, -0.1) is 0 Å². The molecule has 0 bridgehead atoms. The van der Waals surface area contributed by atoms with Gasteiger partial charge in [0, 0.05) is 19.6 Å². The third kappa shape index (κ3) is 4.20. The zero-order valence-corrected chi connectivity index (χ0v) is 10.8. The van der Waals surface area contributed by atoms with Gasteiger partial charge in [-0.25, -0.2) is 0 Å². The van der Waals surface area contributed by atoms with E-state index in [-0.39, 0.29) is 17.9 Å². The summed E-state index contributed by atoms with van der Waals surface area (Å²) in [5, 5.41) is 0. The average molecular weight is 214 g/mol. The lowest BCUT2D eigenvalue weighted by atomic mass is 9.99. The fourth-order valence-electron chi connectivity index (χ4n) is 1.63. The van der Waals surface area contributed by atoms with Gasteiger partial charge in [-0.2, -0.15) is 0 Å². The Bertz CT molecular complexity index is 192. The van der Waals surface area contributed by atoms with E-state index in [0.29, 0.717) is 12.5 Å². The molecule has 90 valence electrons. The maximum atomic E-state index is 12.1. The van der Waals surface area contributed by atoms with Crippen LogP contribution in [0.4, 0.5) is 0 Å². The molecule has 0 spiro atoms. The minimum atomic E-state index is 0.00111. The standard InChI is InChI=1S/C12H26N2O/c1-6-7-11(8-13)12(15)14(5)10(4)9(2)3/h9-11H,6-8,13H2,1-5H3. The maximum absolute atomic E-state index is 12.1. The van der Waals surface area contributed by atoms with Gasteiger partial charge < -0.3 is 10.6 Å². The highest BCUT2D eigenvalue weighted by Crippen LogP contribution is 2.14. The second kappa shape index (κ2) is 6.83. The van der Waals surface area contributed by atoms with Crippen molar-refractivity contribution in [1.82, 2.24) is 4.90 Å². The van der Waals surface area contributed by atoms with E-state index < -0.39 is 0 Å². The minimum absolute atomic E-state index is 0.00111. The molecule has 1 amide bonds. The fourth-order valence-corrected chi connectivity index (χ4v) is 1.63. The number of amides is 1. The van der Waals surface area contributed by atoms with Crippen LogP contribution >= 0.6 is 0 Å². The SMILES string of the molecule is CCCC(CN)C(=O)N(C)C(C)C(C)C. The molecule has 0 aromatic heterocycles. The molecule has 0 fully saturated rings. The number of rotatable bonds is 6. The molecule has 0 saturated heterocycles. The van der Waals surface area contributed by atoms with Crippen LogP contribution in [-0.4, -0.2) is 30.4 Å². The summed E-state index contributed by atoms with van der Waals surface area (Å²) in [7, 11) is 1.88. The van der Waals surface area contributed by atoms with Gasteiger partial charge in [-0.05, 0) is 19.3 Å². The van der Waals surface area contributed by atoms with Crippen molar-refractivity contribution in [2.24, 2.45) is 17.6 Å². The van der Waals surface area contributed by atoms with Gasteiger partial charge >= 0.3 is 0 Å². The van der Waals surface area contributed by atoms with Crippen LogP contribution in [0, 0.1) is 11.8 Å². The lowest BCUT2D eigenvalue weighted by Crippen LogP contribution is -2.43. The molecule has 0 aromatic carbocycles. The van der Waals surface area contributed by atoms with Crippen molar-refractivity contribution in [2.75, 3.05) is 13.6 Å². The van der Waals surface area contributed by atoms with Crippen LogP contribution in [0.2, 0.25) is 0 Å². The molecule has 3 nitrogen and oxygen atoms in total. The topological polar surface area (TPSA) is 46.3 Å². The second-order valence-corrected chi connectivity index (χ2v) is 4.66. The largest absolute Gasteiger partial charge is 0.343 e. The van der Waals surface area contributed by atoms with Crippen molar-refractivity contribution in [2.45, 2.75) is 46.6 Å². The molecule has 3 heteroatoms. The lowest BCUT2D eigenvalue weighted by molar-refractivity contribution is -0.136. The monoisotopic (exact) mass is 214 g/mol. The number of carbonyl (C=O) groups is 1. The van der Waals surface area contributed by atoms with Crippen LogP contribution < -0.4 is 5.73 Å². The van der Waals surface area contributed by atoms with Gasteiger partial charge in [-0.3, -0.25) is 4.79 Å². The first-order valence-corrected chi connectivity index (χ1v) is 5.92. The number of carbonyl (C=O) groups excluding carboxylic acids is 1. The summed E-state index contributed by atoms with van der Waals surface area (Å²) in [6, 6.07) is 0.281. The molecule has 0 heterocycles. The lowest BCUT2D eigenvalue weighted by Gasteiger charge is -2.31. The predicted octanol–water partition coefficient (Wildman–Crippen LogP) is 1.86. The van der Waals surface area contributed by atoms with Gasteiger partial charge in [0.15, 0.2) is 0 Å². The first kappa shape index (κ1) is 14.4. The Morgan fingerprint density at radius 3 is 2.20 bits per heavy atom. The van der Waals surface area contributed by atoms with Crippen LogP contribution in [0.1, 0.15) is 40.5 Å². The Morgan fingerprint density at radius 2 is 1.87 bits per heavy atom. The predicted molar refractivity (Wildman–Crippen MR) is 64.5 cm³/mol. The summed E-state index contributed by atoms with van der Waals surface area (Å²) in [6.45, 7) is 8.89. The Kier molecular flexibility index (Phi) is 6.57. The van der Waals surface area contributed by atoms with Crippen molar-refractivity contribution in [3.8, 4) is 0 Å². The van der Waals surface area contributed by atoms with Crippen LogP contribution in [0.15, 0.2) is 0 Å². The second-order valence-electron chi connectivity index (χ2n) is 4.66. The van der Waals surface area contributed by atoms with E-state index in [1.54, 1.807) is 0 Å². The Morgan fingerprint density at radius 1 is 1.33 bits per heavy atom. The first-order valence-electron chi connectivity index (χ1n) is 5.92. The molecule has 0 radical (unpaired) electrons. The molecular formula is C12H26N2O. The van der Waals surface area contributed by atoms with Crippen LogP contribution in [-0.2, 0) is 4.79 Å². The van der Waals surface area contributed by atoms with Gasteiger partial charge in [0.2, 0.25) is 5.91 Å². The summed E-state index contributed by atoms with van der Waals surface area (Å²) in [5.74, 6) is 0.681. The first-order chi connectivity index (χ1) is 6.95. The third-order valence-electron chi connectivity index (χ3n) is 3.19. The number of nitrogens with zero attached hydrogens (tertiary/aromatic N) is 1. The molecule has 0 aromatic rings. The van der Waals surface area contributed by atoms with E-state index in [9.17, 15) is 4.79 Å². The minimum Gasteiger partial charge on any atom is -0.343 e. The van der Waals surface area contributed by atoms with E-state index in [4.69, 9.17) is 5.73 Å². The number of hydrogen-bond donors (Lipinski definition) is 1. The smallest absolute Gasteiger partial charge is 0.226 e. The van der Waals surface area contributed by atoms with E-state index in [1.165, 1.54) is 0 Å². The van der Waals surface area contributed by atoms with Crippen LogP contribution in [0.5, 0.6) is 0 Å². The van der Waals surface area contributed by atoms with Gasteiger partial charge in [0.1, 0.15) is 0 Å². The Balaban J connectivity index is 4.40. The normalized spacial score (nSPS) is 15.1. The van der Waals surface area contributed by atoms with Crippen molar-refractivity contribution in [3.05, 3.63) is 0 Å².